The van der Waals surface area contributed by atoms with Crippen molar-refractivity contribution < 1.29 is 19.3 Å². The number of imide groups is 2. The molecular formula is C21H20N4O5. The van der Waals surface area contributed by atoms with Crippen molar-refractivity contribution in [3.63, 3.8) is 0 Å². The first kappa shape index (κ1) is 20.7. The average Bonchev–Trinajstić information content (AvgIpc) is 2.67. The number of barbiturate groups is 1. The summed E-state index contributed by atoms with van der Waals surface area (Å²) < 4.78 is 0. The molecule has 0 aliphatic carbocycles. The molecule has 1 N–H and O–H groups in total. The van der Waals surface area contributed by atoms with Crippen molar-refractivity contribution in [2.24, 2.45) is 0 Å². The monoisotopic (exact) mass is 408 g/mol. The van der Waals surface area contributed by atoms with Crippen LogP contribution in [-0.4, -0.2) is 36.9 Å². The number of non-ortho nitro benzene ring substituents is 1. The fraction of sp³-hybridized carbons (Fsp3) is 0.190. The second kappa shape index (κ2) is 7.78. The van der Waals surface area contributed by atoms with Crippen LogP contribution in [0.1, 0.15) is 16.7 Å². The van der Waals surface area contributed by atoms with Crippen LogP contribution in [0.3, 0.4) is 0 Å². The maximum absolute atomic E-state index is 13.1. The largest absolute Gasteiger partial charge is 0.377 e. The van der Waals surface area contributed by atoms with Crippen LogP contribution in [0.2, 0.25) is 0 Å². The van der Waals surface area contributed by atoms with Crippen LogP contribution >= 0.6 is 0 Å². The van der Waals surface area contributed by atoms with Gasteiger partial charge in [-0.15, -0.1) is 0 Å². The van der Waals surface area contributed by atoms with E-state index in [0.29, 0.717) is 16.9 Å². The Hall–Kier alpha value is -4.01. The van der Waals surface area contributed by atoms with Gasteiger partial charge in [-0.2, -0.15) is 0 Å². The van der Waals surface area contributed by atoms with Gasteiger partial charge < -0.3 is 4.90 Å². The number of anilines is 2. The number of benzene rings is 2. The number of nitrogens with zero attached hydrogens (tertiary/aromatic N) is 3. The van der Waals surface area contributed by atoms with E-state index < -0.39 is 22.8 Å². The first-order valence-electron chi connectivity index (χ1n) is 9.04. The van der Waals surface area contributed by atoms with Crippen LogP contribution in [-0.2, 0) is 9.59 Å². The Balaban J connectivity index is 2.12. The molecule has 9 heteroatoms. The van der Waals surface area contributed by atoms with Crippen molar-refractivity contribution in [3.8, 4) is 0 Å². The van der Waals surface area contributed by atoms with Crippen molar-refractivity contribution in [1.29, 1.82) is 0 Å². The smallest absolute Gasteiger partial charge is 0.335 e. The van der Waals surface area contributed by atoms with Crippen LogP contribution in [0, 0.1) is 24.0 Å². The fourth-order valence-electron chi connectivity index (χ4n) is 3.09. The second-order valence-corrected chi connectivity index (χ2v) is 7.12. The van der Waals surface area contributed by atoms with E-state index in [1.165, 1.54) is 24.3 Å². The number of nitrogens with one attached hydrogen (secondary N) is 1. The molecule has 1 aliphatic rings. The van der Waals surface area contributed by atoms with E-state index in [0.717, 1.165) is 16.0 Å². The summed E-state index contributed by atoms with van der Waals surface area (Å²) in [6, 6.07) is 8.37. The summed E-state index contributed by atoms with van der Waals surface area (Å²) in [5.74, 6) is -1.66. The number of nitro benzene ring substituents is 1. The number of aryl methyl sites for hydroxylation is 2. The molecule has 9 nitrogen and oxygen atoms in total. The molecule has 0 unspecified atom stereocenters. The molecule has 0 atom stereocenters. The maximum Gasteiger partial charge on any atom is 0.335 e. The summed E-state index contributed by atoms with van der Waals surface area (Å²) in [4.78, 5) is 51.1. The lowest BCUT2D eigenvalue weighted by Crippen LogP contribution is -2.54. The molecular weight excluding hydrogens is 388 g/mol. The molecule has 2 aromatic carbocycles. The second-order valence-electron chi connectivity index (χ2n) is 7.12. The highest BCUT2D eigenvalue weighted by atomic mass is 16.6. The lowest BCUT2D eigenvalue weighted by molar-refractivity contribution is -0.384. The lowest BCUT2D eigenvalue weighted by Gasteiger charge is -2.27. The zero-order valence-electron chi connectivity index (χ0n) is 16.9. The lowest BCUT2D eigenvalue weighted by atomic mass is 10.0. The van der Waals surface area contributed by atoms with Gasteiger partial charge in [0, 0.05) is 37.5 Å². The van der Waals surface area contributed by atoms with E-state index >= 15 is 0 Å². The minimum atomic E-state index is -0.860. The van der Waals surface area contributed by atoms with Gasteiger partial charge in [-0.3, -0.25) is 25.0 Å². The molecule has 2 aromatic rings. The predicted octanol–water partition coefficient (Wildman–Crippen LogP) is 2.94. The van der Waals surface area contributed by atoms with Gasteiger partial charge in [0.2, 0.25) is 0 Å². The fourth-order valence-corrected chi connectivity index (χ4v) is 3.09. The molecule has 1 fully saturated rings. The first-order valence-corrected chi connectivity index (χ1v) is 9.04. The average molecular weight is 408 g/mol. The van der Waals surface area contributed by atoms with Crippen molar-refractivity contribution >= 4 is 41.0 Å². The minimum absolute atomic E-state index is 0.182. The number of hydrogen-bond donors (Lipinski definition) is 1. The Morgan fingerprint density at radius 2 is 1.73 bits per heavy atom. The Labute approximate surface area is 172 Å². The predicted molar refractivity (Wildman–Crippen MR) is 112 cm³/mol. The zero-order valence-corrected chi connectivity index (χ0v) is 16.9. The van der Waals surface area contributed by atoms with E-state index in [9.17, 15) is 24.5 Å². The van der Waals surface area contributed by atoms with Crippen LogP contribution in [0.5, 0.6) is 0 Å². The Morgan fingerprint density at radius 3 is 2.33 bits per heavy atom. The number of urea groups is 1. The van der Waals surface area contributed by atoms with Gasteiger partial charge in [-0.1, -0.05) is 6.07 Å². The standard InChI is InChI=1S/C21H20N4O5/c1-12-5-6-15(9-13(12)2)24-20(27)17(19(26)22-21(24)28)11-14-10-16(25(29)30)7-8-18(14)23(3)4/h5-11H,1-4H3,(H,22,26,28)/b17-11-. The Morgan fingerprint density at radius 1 is 1.03 bits per heavy atom. The summed E-state index contributed by atoms with van der Waals surface area (Å²) in [5, 5.41) is 13.3. The highest BCUT2D eigenvalue weighted by Gasteiger charge is 2.37. The highest BCUT2D eigenvalue weighted by molar-refractivity contribution is 6.39. The number of carbonyl (C=O) groups excluding carboxylic acids is 3. The summed E-state index contributed by atoms with van der Waals surface area (Å²) in [6.45, 7) is 3.75. The molecule has 1 aliphatic heterocycles. The molecule has 0 saturated carbocycles. The summed E-state index contributed by atoms with van der Waals surface area (Å²) in [6.07, 6.45) is 1.26. The normalized spacial score (nSPS) is 15.4. The molecule has 4 amide bonds. The van der Waals surface area contributed by atoms with E-state index in [-0.39, 0.29) is 11.3 Å². The molecule has 0 spiro atoms. The summed E-state index contributed by atoms with van der Waals surface area (Å²) in [5.41, 5.74) is 2.60. The molecule has 0 radical (unpaired) electrons. The van der Waals surface area contributed by atoms with Crippen molar-refractivity contribution in [3.05, 3.63) is 68.8 Å². The Bertz CT molecular complexity index is 1120. The van der Waals surface area contributed by atoms with Crippen molar-refractivity contribution in [2.45, 2.75) is 13.8 Å². The van der Waals surface area contributed by atoms with Crippen molar-refractivity contribution in [2.75, 3.05) is 23.9 Å². The topological polar surface area (TPSA) is 113 Å². The van der Waals surface area contributed by atoms with Gasteiger partial charge in [0.05, 0.1) is 10.6 Å². The van der Waals surface area contributed by atoms with Crippen LogP contribution in [0.25, 0.3) is 6.08 Å². The van der Waals surface area contributed by atoms with E-state index in [2.05, 4.69) is 5.32 Å². The number of amides is 4. The third kappa shape index (κ3) is 3.77. The molecule has 0 aromatic heterocycles. The van der Waals surface area contributed by atoms with Gasteiger partial charge in [-0.05, 0) is 49.2 Å². The zero-order chi connectivity index (χ0) is 22.2. The van der Waals surface area contributed by atoms with Gasteiger partial charge in [-0.25, -0.2) is 9.69 Å². The summed E-state index contributed by atoms with van der Waals surface area (Å²) in [7, 11) is 3.47. The molecule has 1 saturated heterocycles. The number of rotatable bonds is 4. The summed E-state index contributed by atoms with van der Waals surface area (Å²) >= 11 is 0. The van der Waals surface area contributed by atoms with E-state index in [1.54, 1.807) is 37.2 Å². The number of nitro groups is 1. The van der Waals surface area contributed by atoms with Crippen LogP contribution < -0.4 is 15.1 Å². The van der Waals surface area contributed by atoms with E-state index in [4.69, 9.17) is 0 Å². The van der Waals surface area contributed by atoms with Crippen molar-refractivity contribution in [1.82, 2.24) is 5.32 Å². The third-order valence-corrected chi connectivity index (χ3v) is 4.85. The minimum Gasteiger partial charge on any atom is -0.377 e. The van der Waals surface area contributed by atoms with Gasteiger partial charge in [0.1, 0.15) is 5.57 Å². The first-order chi connectivity index (χ1) is 14.1. The molecule has 1 heterocycles. The Kier molecular flexibility index (Phi) is 5.37. The van der Waals surface area contributed by atoms with Gasteiger partial charge in [0.15, 0.2) is 0 Å². The number of carbonyl (C=O) groups is 3. The highest BCUT2D eigenvalue weighted by Crippen LogP contribution is 2.29. The van der Waals surface area contributed by atoms with Gasteiger partial charge in [0.25, 0.3) is 17.5 Å². The maximum atomic E-state index is 13.1. The van der Waals surface area contributed by atoms with Crippen LogP contribution in [0.15, 0.2) is 42.0 Å². The van der Waals surface area contributed by atoms with E-state index in [1.807, 2.05) is 13.8 Å². The van der Waals surface area contributed by atoms with Crippen LogP contribution in [0.4, 0.5) is 21.9 Å². The number of hydrogen-bond acceptors (Lipinski definition) is 6. The third-order valence-electron chi connectivity index (χ3n) is 4.85. The molecule has 154 valence electrons. The molecule has 30 heavy (non-hydrogen) atoms. The SMILES string of the molecule is Cc1ccc(N2C(=O)NC(=O)/C(=C/c3cc([N+](=O)[O-])ccc3N(C)C)C2=O)cc1C. The quantitative estimate of drug-likeness (QED) is 0.360. The van der Waals surface area contributed by atoms with Gasteiger partial charge >= 0.3 is 6.03 Å². The molecule has 3 rings (SSSR count). The molecule has 0 bridgehead atoms.